The minimum atomic E-state index is -3.13. The van der Waals surface area contributed by atoms with E-state index in [4.69, 9.17) is 0 Å². The van der Waals surface area contributed by atoms with Crippen LogP contribution in [-0.2, 0) is 19.4 Å². The van der Waals surface area contributed by atoms with Crippen molar-refractivity contribution in [3.8, 4) is 0 Å². The first-order valence-corrected chi connectivity index (χ1v) is 9.28. The third kappa shape index (κ3) is 2.38. The molecule has 5 nitrogen and oxygen atoms in total. The van der Waals surface area contributed by atoms with Crippen molar-refractivity contribution < 1.29 is 18.0 Å². The van der Waals surface area contributed by atoms with Gasteiger partial charge in [0.15, 0.2) is 9.84 Å². The first-order chi connectivity index (χ1) is 9.42. The van der Waals surface area contributed by atoms with Crippen LogP contribution in [0.25, 0.3) is 0 Å². The summed E-state index contributed by atoms with van der Waals surface area (Å²) in [5.74, 6) is -0.372. The maximum Gasteiger partial charge on any atom is 0.230 e. The quantitative estimate of drug-likeness (QED) is 0.733. The molecule has 2 unspecified atom stereocenters. The molecule has 0 aromatic carbocycles. The fourth-order valence-electron chi connectivity index (χ4n) is 4.58. The monoisotopic (exact) mass is 299 g/mol. The van der Waals surface area contributed by atoms with Crippen molar-refractivity contribution in [2.45, 2.75) is 44.9 Å². The molecule has 2 atom stereocenters. The average molecular weight is 299 g/mol. The van der Waals surface area contributed by atoms with Crippen molar-refractivity contribution in [1.82, 2.24) is 5.32 Å². The summed E-state index contributed by atoms with van der Waals surface area (Å²) in [6, 6.07) is 0. The topological polar surface area (TPSA) is 80.3 Å². The molecule has 2 heterocycles. The molecule has 2 amide bonds. The fourth-order valence-corrected chi connectivity index (χ4v) is 6.61. The lowest BCUT2D eigenvalue weighted by Crippen LogP contribution is -2.58. The molecule has 1 aliphatic carbocycles. The minimum Gasteiger partial charge on any atom is -0.296 e. The minimum absolute atomic E-state index is 0.0142. The number of carbonyl (C=O) groups excluding carboxylic acids is 2. The van der Waals surface area contributed by atoms with E-state index in [0.717, 1.165) is 25.7 Å². The van der Waals surface area contributed by atoms with E-state index >= 15 is 0 Å². The summed E-state index contributed by atoms with van der Waals surface area (Å²) in [5.41, 5.74) is -0.633. The van der Waals surface area contributed by atoms with Crippen molar-refractivity contribution in [2.75, 3.05) is 11.5 Å². The van der Waals surface area contributed by atoms with Crippen molar-refractivity contribution >= 4 is 21.7 Å². The molecule has 112 valence electrons. The molecule has 0 bridgehead atoms. The summed E-state index contributed by atoms with van der Waals surface area (Å²) >= 11 is 0. The molecule has 6 heteroatoms. The van der Waals surface area contributed by atoms with Crippen LogP contribution in [0.15, 0.2) is 0 Å². The highest BCUT2D eigenvalue weighted by atomic mass is 32.2. The zero-order valence-electron chi connectivity index (χ0n) is 11.6. The van der Waals surface area contributed by atoms with Crippen molar-refractivity contribution in [3.05, 3.63) is 0 Å². The van der Waals surface area contributed by atoms with Crippen LogP contribution in [0.3, 0.4) is 0 Å². The lowest BCUT2D eigenvalue weighted by Gasteiger charge is -2.47. The summed E-state index contributed by atoms with van der Waals surface area (Å²) in [6.45, 7) is 0. The summed E-state index contributed by atoms with van der Waals surface area (Å²) < 4.78 is 24.1. The third-order valence-electron chi connectivity index (χ3n) is 5.23. The van der Waals surface area contributed by atoms with Crippen LogP contribution in [-0.4, -0.2) is 31.7 Å². The maximum absolute atomic E-state index is 12.3. The maximum atomic E-state index is 12.3. The molecule has 1 N–H and O–H groups in total. The van der Waals surface area contributed by atoms with Crippen molar-refractivity contribution in [2.24, 2.45) is 17.3 Å². The molecule has 0 radical (unpaired) electrons. The molecule has 20 heavy (non-hydrogen) atoms. The Morgan fingerprint density at radius 3 is 2.45 bits per heavy atom. The zero-order chi connectivity index (χ0) is 14.4. The molecule has 1 spiro atoms. The first kappa shape index (κ1) is 14.0. The molecule has 3 aliphatic rings. The van der Waals surface area contributed by atoms with Gasteiger partial charge in [0.1, 0.15) is 0 Å². The average Bonchev–Trinajstić information content (AvgIpc) is 2.79. The molecule has 0 aromatic rings. The summed E-state index contributed by atoms with van der Waals surface area (Å²) in [4.78, 5) is 24.1. The standard InChI is InChI=1S/C14H21NO4S/c16-11-8-14(6-3-7-20(18,19)9-14)12(13(17)15-11)10-4-1-2-5-10/h10,12H,1-9H2,(H,15,16,17). The molecule has 0 aromatic heterocycles. The number of amides is 2. The molecule has 3 fully saturated rings. The second-order valence-corrected chi connectivity index (χ2v) is 8.85. The highest BCUT2D eigenvalue weighted by Crippen LogP contribution is 2.50. The van der Waals surface area contributed by atoms with E-state index in [2.05, 4.69) is 5.32 Å². The van der Waals surface area contributed by atoms with Crippen LogP contribution in [0.5, 0.6) is 0 Å². The van der Waals surface area contributed by atoms with Gasteiger partial charge in [-0.1, -0.05) is 12.8 Å². The van der Waals surface area contributed by atoms with E-state index in [0.29, 0.717) is 12.8 Å². The molecular formula is C14H21NO4S. The Kier molecular flexibility index (Phi) is 3.39. The Morgan fingerprint density at radius 1 is 1.10 bits per heavy atom. The van der Waals surface area contributed by atoms with E-state index in [-0.39, 0.29) is 41.6 Å². The number of piperidine rings is 1. The lowest BCUT2D eigenvalue weighted by molar-refractivity contribution is -0.145. The number of hydrogen-bond acceptors (Lipinski definition) is 4. The van der Waals surface area contributed by atoms with E-state index in [1.54, 1.807) is 0 Å². The van der Waals surface area contributed by atoms with E-state index in [1.165, 1.54) is 0 Å². The van der Waals surface area contributed by atoms with Crippen LogP contribution in [0.4, 0.5) is 0 Å². The number of sulfone groups is 1. The van der Waals surface area contributed by atoms with Gasteiger partial charge in [-0.15, -0.1) is 0 Å². The predicted molar refractivity (Wildman–Crippen MR) is 73.5 cm³/mol. The van der Waals surface area contributed by atoms with Gasteiger partial charge in [-0.2, -0.15) is 0 Å². The van der Waals surface area contributed by atoms with Crippen LogP contribution in [0, 0.1) is 17.3 Å². The van der Waals surface area contributed by atoms with Gasteiger partial charge >= 0.3 is 0 Å². The number of hydrogen-bond donors (Lipinski definition) is 1. The second kappa shape index (κ2) is 4.83. The van der Waals surface area contributed by atoms with Crippen LogP contribution < -0.4 is 5.32 Å². The van der Waals surface area contributed by atoms with Gasteiger partial charge in [0.05, 0.1) is 11.5 Å². The fraction of sp³-hybridized carbons (Fsp3) is 0.857. The first-order valence-electron chi connectivity index (χ1n) is 7.46. The van der Waals surface area contributed by atoms with Gasteiger partial charge in [0.25, 0.3) is 0 Å². The Labute approximate surface area is 119 Å². The van der Waals surface area contributed by atoms with Gasteiger partial charge in [-0.25, -0.2) is 8.42 Å². The number of imide groups is 1. The summed E-state index contributed by atoms with van der Waals surface area (Å²) in [5, 5.41) is 2.43. The van der Waals surface area contributed by atoms with E-state index in [1.807, 2.05) is 0 Å². The Morgan fingerprint density at radius 2 is 1.80 bits per heavy atom. The molecule has 1 saturated carbocycles. The molecule has 2 saturated heterocycles. The van der Waals surface area contributed by atoms with E-state index < -0.39 is 15.3 Å². The van der Waals surface area contributed by atoms with Crippen LogP contribution in [0.2, 0.25) is 0 Å². The van der Waals surface area contributed by atoms with Crippen molar-refractivity contribution in [3.63, 3.8) is 0 Å². The Hall–Kier alpha value is -0.910. The van der Waals surface area contributed by atoms with Gasteiger partial charge in [-0.05, 0) is 31.6 Å². The van der Waals surface area contributed by atoms with Gasteiger partial charge in [-0.3, -0.25) is 14.9 Å². The molecule has 3 rings (SSSR count). The van der Waals surface area contributed by atoms with Crippen molar-refractivity contribution in [1.29, 1.82) is 0 Å². The molecule has 2 aliphatic heterocycles. The zero-order valence-corrected chi connectivity index (χ0v) is 12.4. The lowest BCUT2D eigenvalue weighted by atomic mass is 9.63. The number of rotatable bonds is 1. The Balaban J connectivity index is 1.98. The van der Waals surface area contributed by atoms with Gasteiger partial charge < -0.3 is 0 Å². The van der Waals surface area contributed by atoms with E-state index in [9.17, 15) is 18.0 Å². The van der Waals surface area contributed by atoms with Gasteiger partial charge in [0, 0.05) is 17.8 Å². The number of carbonyl (C=O) groups is 2. The number of nitrogens with one attached hydrogen (secondary N) is 1. The van der Waals surface area contributed by atoms with Crippen LogP contribution >= 0.6 is 0 Å². The highest BCUT2D eigenvalue weighted by Gasteiger charge is 2.54. The predicted octanol–water partition coefficient (Wildman–Crippen LogP) is 1.03. The SMILES string of the molecule is O=C1CC2(CCCS(=O)(=O)C2)C(C2CCCC2)C(=O)N1. The third-order valence-corrected chi connectivity index (χ3v) is 7.15. The summed E-state index contributed by atoms with van der Waals surface area (Å²) in [7, 11) is -3.13. The molecular weight excluding hydrogens is 278 g/mol. The largest absolute Gasteiger partial charge is 0.296 e. The van der Waals surface area contributed by atoms with Gasteiger partial charge in [0.2, 0.25) is 11.8 Å². The Bertz CT molecular complexity index is 535. The summed E-state index contributed by atoms with van der Waals surface area (Å²) in [6.07, 6.45) is 5.62. The second-order valence-electron chi connectivity index (χ2n) is 6.67. The highest BCUT2D eigenvalue weighted by molar-refractivity contribution is 7.91. The smallest absolute Gasteiger partial charge is 0.230 e. The normalized spacial score (nSPS) is 38.1. The van der Waals surface area contributed by atoms with Crippen LogP contribution in [0.1, 0.15) is 44.9 Å².